The van der Waals surface area contributed by atoms with Crippen molar-refractivity contribution in [1.29, 1.82) is 5.26 Å². The second-order valence-electron chi connectivity index (χ2n) is 4.50. The van der Waals surface area contributed by atoms with Crippen molar-refractivity contribution in [3.63, 3.8) is 0 Å². The molecule has 0 spiro atoms. The Morgan fingerprint density at radius 3 is 2.58 bits per heavy atom. The van der Waals surface area contributed by atoms with Crippen LogP contribution in [0.2, 0.25) is 10.0 Å². The van der Waals surface area contributed by atoms with Gasteiger partial charge in [-0.1, -0.05) is 29.3 Å². The number of nitrogens with zero attached hydrogens (tertiary/aromatic N) is 3. The summed E-state index contributed by atoms with van der Waals surface area (Å²) in [5.74, 6) is -0.0194. The second-order valence-corrected chi connectivity index (χ2v) is 7.26. The Hall–Kier alpha value is -1.30. The maximum atomic E-state index is 11.0. The highest BCUT2D eigenvalue weighted by Gasteiger charge is 2.19. The number of halogens is 3. The van der Waals surface area contributed by atoms with Crippen molar-refractivity contribution in [1.82, 2.24) is 9.55 Å². The molecule has 1 aromatic carbocycles. The lowest BCUT2D eigenvalue weighted by atomic mass is 10.1. The lowest BCUT2D eigenvalue weighted by Gasteiger charge is -2.15. The van der Waals surface area contributed by atoms with Crippen LogP contribution >= 0.6 is 34.8 Å². The van der Waals surface area contributed by atoms with E-state index >= 15 is 0 Å². The molecule has 2 rings (SSSR count). The first-order valence-electron chi connectivity index (χ1n) is 6.48. The SMILES string of the molecule is CS(=O)(=O)OC(CCl)c1ccc(Cl)cc1Cl.N#CCn1ccnc1. The van der Waals surface area contributed by atoms with Crippen molar-refractivity contribution in [2.24, 2.45) is 0 Å². The number of alkyl halides is 1. The number of benzene rings is 1. The standard InChI is InChI=1S/C9H9Cl3O3S.C5H5N3/c1-16(13,14)15-9(5-10)7-3-2-6(11)4-8(7)12;6-1-3-8-4-2-7-5-8/h2-4,9H,5H2,1H3;2,4-5H,3H2. The molecule has 10 heteroatoms. The summed E-state index contributed by atoms with van der Waals surface area (Å²) in [5.41, 5.74) is 0.492. The van der Waals surface area contributed by atoms with Crippen LogP contribution < -0.4 is 0 Å². The van der Waals surface area contributed by atoms with Crippen LogP contribution in [-0.2, 0) is 20.8 Å². The summed E-state index contributed by atoms with van der Waals surface area (Å²) in [6.07, 6.45) is 5.17. The monoisotopic (exact) mass is 409 g/mol. The zero-order chi connectivity index (χ0) is 18.2. The first-order chi connectivity index (χ1) is 11.3. The summed E-state index contributed by atoms with van der Waals surface area (Å²) in [6.45, 7) is 0.389. The van der Waals surface area contributed by atoms with Gasteiger partial charge in [0, 0.05) is 28.0 Å². The largest absolute Gasteiger partial charge is 0.324 e. The van der Waals surface area contributed by atoms with Gasteiger partial charge in [0.2, 0.25) is 0 Å². The third-order valence-electron chi connectivity index (χ3n) is 2.55. The molecule has 0 aliphatic carbocycles. The molecule has 0 saturated carbocycles. The Kier molecular flexibility index (Phi) is 8.53. The van der Waals surface area contributed by atoms with Crippen molar-refractivity contribution in [2.75, 3.05) is 12.1 Å². The first-order valence-corrected chi connectivity index (χ1v) is 9.59. The Labute approximate surface area is 155 Å². The van der Waals surface area contributed by atoms with E-state index in [1.165, 1.54) is 6.07 Å². The van der Waals surface area contributed by atoms with Crippen LogP contribution in [0.25, 0.3) is 0 Å². The molecule has 24 heavy (non-hydrogen) atoms. The van der Waals surface area contributed by atoms with Crippen LogP contribution in [0.4, 0.5) is 0 Å². The van der Waals surface area contributed by atoms with Gasteiger partial charge in [-0.3, -0.25) is 4.18 Å². The van der Waals surface area contributed by atoms with E-state index in [2.05, 4.69) is 4.98 Å². The number of aromatic nitrogens is 2. The van der Waals surface area contributed by atoms with Crippen LogP contribution in [0.1, 0.15) is 11.7 Å². The predicted octanol–water partition coefficient (Wildman–Crippen LogP) is 3.66. The van der Waals surface area contributed by atoms with E-state index in [9.17, 15) is 8.42 Å². The molecule has 0 bridgehead atoms. The molecule has 6 nitrogen and oxygen atoms in total. The van der Waals surface area contributed by atoms with Gasteiger partial charge in [0.05, 0.1) is 24.5 Å². The highest BCUT2D eigenvalue weighted by molar-refractivity contribution is 7.86. The minimum absolute atomic E-state index is 0.0194. The molecule has 0 N–H and O–H groups in total. The summed E-state index contributed by atoms with van der Waals surface area (Å²) in [7, 11) is -3.59. The molecule has 1 atom stereocenters. The van der Waals surface area contributed by atoms with E-state index in [4.69, 9.17) is 44.2 Å². The highest BCUT2D eigenvalue weighted by Crippen LogP contribution is 2.30. The average Bonchev–Trinajstić information content (AvgIpc) is 2.98. The summed E-state index contributed by atoms with van der Waals surface area (Å²) in [4.78, 5) is 3.75. The number of imidazole rings is 1. The fraction of sp³-hybridized carbons (Fsp3) is 0.286. The third-order valence-corrected chi connectivity index (χ3v) is 3.98. The van der Waals surface area contributed by atoms with Crippen LogP contribution in [-0.4, -0.2) is 30.1 Å². The third kappa shape index (κ3) is 7.51. The van der Waals surface area contributed by atoms with E-state index < -0.39 is 16.2 Å². The highest BCUT2D eigenvalue weighted by atomic mass is 35.5. The number of hydrogen-bond donors (Lipinski definition) is 0. The first kappa shape index (κ1) is 20.7. The molecule has 1 unspecified atom stereocenters. The smallest absolute Gasteiger partial charge is 0.265 e. The lowest BCUT2D eigenvalue weighted by molar-refractivity contribution is 0.240. The van der Waals surface area contributed by atoms with Gasteiger partial charge in [-0.25, -0.2) is 4.98 Å². The molecular weight excluding hydrogens is 397 g/mol. The van der Waals surface area contributed by atoms with Crippen LogP contribution in [0.15, 0.2) is 36.9 Å². The Balaban J connectivity index is 0.000000300. The average molecular weight is 411 g/mol. The van der Waals surface area contributed by atoms with Crippen molar-refractivity contribution in [2.45, 2.75) is 12.6 Å². The summed E-state index contributed by atoms with van der Waals surface area (Å²) < 4.78 is 28.5. The molecule has 0 saturated heterocycles. The van der Waals surface area contributed by atoms with Crippen molar-refractivity contribution >= 4 is 44.9 Å². The molecule has 130 valence electrons. The van der Waals surface area contributed by atoms with Crippen LogP contribution in [0, 0.1) is 11.3 Å². The number of hydrogen-bond acceptors (Lipinski definition) is 5. The topological polar surface area (TPSA) is 85.0 Å². The van der Waals surface area contributed by atoms with E-state index in [1.807, 2.05) is 6.07 Å². The maximum Gasteiger partial charge on any atom is 0.265 e. The van der Waals surface area contributed by atoms with E-state index in [0.29, 0.717) is 22.2 Å². The van der Waals surface area contributed by atoms with Gasteiger partial charge in [0.15, 0.2) is 0 Å². The molecule has 2 aromatic rings. The molecular formula is C14H14Cl3N3O3S. The zero-order valence-corrected chi connectivity index (χ0v) is 15.6. The number of rotatable bonds is 5. The van der Waals surface area contributed by atoms with E-state index in [1.54, 1.807) is 35.4 Å². The van der Waals surface area contributed by atoms with Gasteiger partial charge in [-0.15, -0.1) is 11.6 Å². The second kappa shape index (κ2) is 9.87. The maximum absolute atomic E-state index is 11.0. The molecule has 0 fully saturated rings. The summed E-state index contributed by atoms with van der Waals surface area (Å²) in [5, 5.41) is 8.92. The fourth-order valence-electron chi connectivity index (χ4n) is 1.60. The Morgan fingerprint density at radius 1 is 1.42 bits per heavy atom. The van der Waals surface area contributed by atoms with Crippen LogP contribution in [0.3, 0.4) is 0 Å². The van der Waals surface area contributed by atoms with Gasteiger partial charge in [0.25, 0.3) is 10.1 Å². The van der Waals surface area contributed by atoms with Gasteiger partial charge < -0.3 is 4.57 Å². The molecule has 0 radical (unpaired) electrons. The fourth-order valence-corrected chi connectivity index (χ4v) is 3.02. The van der Waals surface area contributed by atoms with Crippen molar-refractivity contribution in [3.05, 3.63) is 52.5 Å². The molecule has 1 aromatic heterocycles. The minimum Gasteiger partial charge on any atom is -0.324 e. The molecule has 1 heterocycles. The molecule has 0 amide bonds. The molecule has 0 aliphatic heterocycles. The zero-order valence-electron chi connectivity index (χ0n) is 12.6. The minimum atomic E-state index is -3.59. The Bertz CT molecular complexity index is 789. The van der Waals surface area contributed by atoms with Gasteiger partial charge in [-0.05, 0) is 12.1 Å². The quantitative estimate of drug-likeness (QED) is 0.555. The van der Waals surface area contributed by atoms with Crippen molar-refractivity contribution in [3.8, 4) is 6.07 Å². The van der Waals surface area contributed by atoms with E-state index in [-0.39, 0.29) is 5.88 Å². The van der Waals surface area contributed by atoms with Gasteiger partial charge in [-0.2, -0.15) is 13.7 Å². The normalized spacial score (nSPS) is 12.0. The van der Waals surface area contributed by atoms with Crippen molar-refractivity contribution < 1.29 is 12.6 Å². The Morgan fingerprint density at radius 2 is 2.12 bits per heavy atom. The van der Waals surface area contributed by atoms with Gasteiger partial charge >= 0.3 is 0 Å². The predicted molar refractivity (Wildman–Crippen MR) is 93.7 cm³/mol. The number of nitriles is 1. The van der Waals surface area contributed by atoms with E-state index in [0.717, 1.165) is 6.26 Å². The molecule has 0 aliphatic rings. The van der Waals surface area contributed by atoms with Gasteiger partial charge in [0.1, 0.15) is 12.6 Å². The summed E-state index contributed by atoms with van der Waals surface area (Å²) >= 11 is 17.3. The van der Waals surface area contributed by atoms with Crippen LogP contribution in [0.5, 0.6) is 0 Å². The summed E-state index contributed by atoms with van der Waals surface area (Å²) in [6, 6.07) is 6.67. The lowest BCUT2D eigenvalue weighted by Crippen LogP contribution is -2.12.